The molecule has 1 fully saturated rings. The van der Waals surface area contributed by atoms with E-state index < -0.39 is 11.7 Å². The van der Waals surface area contributed by atoms with E-state index >= 15 is 0 Å². The molecule has 114 valence electrons. The highest BCUT2D eigenvalue weighted by Crippen LogP contribution is 2.38. The summed E-state index contributed by atoms with van der Waals surface area (Å²) in [6.07, 6.45) is -1.59. The van der Waals surface area contributed by atoms with Gasteiger partial charge in [-0.15, -0.1) is 0 Å². The Hall–Kier alpha value is -1.34. The van der Waals surface area contributed by atoms with Crippen LogP contribution in [0.25, 0.3) is 10.2 Å². The van der Waals surface area contributed by atoms with Crippen molar-refractivity contribution in [1.82, 2.24) is 4.98 Å². The smallest absolute Gasteiger partial charge is 0.393 e. The molecular weight excluding hydrogens is 301 g/mol. The van der Waals surface area contributed by atoms with Crippen LogP contribution in [0.4, 0.5) is 18.3 Å². The molecule has 0 radical (unpaired) electrons. The lowest BCUT2D eigenvalue weighted by Crippen LogP contribution is -2.28. The van der Waals surface area contributed by atoms with Crippen molar-refractivity contribution in [3.8, 4) is 0 Å². The van der Waals surface area contributed by atoms with Crippen molar-refractivity contribution in [2.24, 2.45) is 0 Å². The molecule has 1 aliphatic rings. The number of benzene rings is 1. The number of hydrogen-bond donors (Lipinski definition) is 2. The quantitative estimate of drug-likeness (QED) is 0.879. The number of anilines is 1. The molecular formula is C14H15F3N2OS. The van der Waals surface area contributed by atoms with E-state index in [2.05, 4.69) is 10.3 Å². The lowest BCUT2D eigenvalue weighted by molar-refractivity contribution is -0.136. The minimum atomic E-state index is -4.39. The van der Waals surface area contributed by atoms with E-state index in [0.29, 0.717) is 9.83 Å². The van der Waals surface area contributed by atoms with Crippen molar-refractivity contribution in [1.29, 1.82) is 0 Å². The van der Waals surface area contributed by atoms with Crippen LogP contribution >= 0.6 is 11.3 Å². The van der Waals surface area contributed by atoms with E-state index in [-0.39, 0.29) is 17.7 Å². The van der Waals surface area contributed by atoms with Gasteiger partial charge in [0.2, 0.25) is 0 Å². The van der Waals surface area contributed by atoms with Crippen molar-refractivity contribution in [2.45, 2.75) is 44.0 Å². The third-order valence-electron chi connectivity index (χ3n) is 3.75. The minimum Gasteiger partial charge on any atom is -0.393 e. The Morgan fingerprint density at radius 2 is 1.90 bits per heavy atom. The van der Waals surface area contributed by atoms with Crippen LogP contribution in [0.15, 0.2) is 18.2 Å². The Balaban J connectivity index is 1.84. The maximum atomic E-state index is 12.9. The van der Waals surface area contributed by atoms with Crippen LogP contribution in [-0.4, -0.2) is 22.2 Å². The van der Waals surface area contributed by atoms with E-state index in [4.69, 9.17) is 0 Å². The lowest BCUT2D eigenvalue weighted by Gasteiger charge is -2.25. The number of fused-ring (bicyclic) bond motifs is 1. The van der Waals surface area contributed by atoms with Gasteiger partial charge in [-0.05, 0) is 37.8 Å². The summed E-state index contributed by atoms with van der Waals surface area (Å²) >= 11 is 1.24. The third-order valence-corrected chi connectivity index (χ3v) is 4.70. The predicted octanol–water partition coefficient (Wildman–Crippen LogP) is 4.03. The van der Waals surface area contributed by atoms with Crippen molar-refractivity contribution < 1.29 is 18.3 Å². The molecule has 21 heavy (non-hydrogen) atoms. The molecule has 0 bridgehead atoms. The molecule has 3 rings (SSSR count). The summed E-state index contributed by atoms with van der Waals surface area (Å²) in [5.41, 5.74) is -0.684. The predicted molar refractivity (Wildman–Crippen MR) is 76.5 cm³/mol. The van der Waals surface area contributed by atoms with Crippen LogP contribution in [0.1, 0.15) is 31.2 Å². The zero-order valence-electron chi connectivity index (χ0n) is 11.2. The first-order valence-corrected chi connectivity index (χ1v) is 7.66. The van der Waals surface area contributed by atoms with Gasteiger partial charge in [0.05, 0.1) is 21.9 Å². The standard InChI is InChI=1S/C14H15F3N2OS/c15-14(16,17)10-2-1-3-11-12(10)19-13(21-11)18-8-4-6-9(20)7-5-8/h1-3,8-9,20H,4-7H2,(H,18,19). The maximum Gasteiger partial charge on any atom is 0.418 e. The number of nitrogens with zero attached hydrogens (tertiary/aromatic N) is 1. The Morgan fingerprint density at radius 3 is 2.57 bits per heavy atom. The number of hydrogen-bond acceptors (Lipinski definition) is 4. The second-order valence-corrected chi connectivity index (χ2v) is 6.35. The number of halogens is 3. The van der Waals surface area contributed by atoms with E-state index in [1.807, 2.05) is 0 Å². The molecule has 0 spiro atoms. The van der Waals surface area contributed by atoms with Crippen LogP contribution in [0.2, 0.25) is 0 Å². The molecule has 0 atom stereocenters. The number of rotatable bonds is 2. The molecule has 3 nitrogen and oxygen atoms in total. The highest BCUT2D eigenvalue weighted by atomic mass is 32.1. The fraction of sp³-hybridized carbons (Fsp3) is 0.500. The first-order valence-electron chi connectivity index (χ1n) is 6.85. The van der Waals surface area contributed by atoms with E-state index in [9.17, 15) is 18.3 Å². The van der Waals surface area contributed by atoms with Crippen LogP contribution in [-0.2, 0) is 6.18 Å². The number of nitrogens with one attached hydrogen (secondary N) is 1. The first-order chi connectivity index (χ1) is 9.93. The minimum absolute atomic E-state index is 0.00773. The summed E-state index contributed by atoms with van der Waals surface area (Å²) in [6.45, 7) is 0. The zero-order valence-corrected chi connectivity index (χ0v) is 12.0. The van der Waals surface area contributed by atoms with Crippen molar-refractivity contribution in [3.05, 3.63) is 23.8 Å². The summed E-state index contributed by atoms with van der Waals surface area (Å²) in [5, 5.41) is 13.2. The number of alkyl halides is 3. The normalized spacial score (nSPS) is 23.4. The molecule has 0 aliphatic heterocycles. The fourth-order valence-electron chi connectivity index (χ4n) is 2.63. The number of aromatic nitrogens is 1. The van der Waals surface area contributed by atoms with Crippen LogP contribution < -0.4 is 5.32 Å². The van der Waals surface area contributed by atoms with Crippen molar-refractivity contribution >= 4 is 26.7 Å². The van der Waals surface area contributed by atoms with E-state index in [0.717, 1.165) is 31.7 Å². The van der Waals surface area contributed by atoms with Gasteiger partial charge in [0.1, 0.15) is 0 Å². The Morgan fingerprint density at radius 1 is 1.19 bits per heavy atom. The summed E-state index contributed by atoms with van der Waals surface area (Å²) < 4.78 is 39.4. The molecule has 1 aromatic carbocycles. The van der Waals surface area contributed by atoms with Crippen LogP contribution in [0, 0.1) is 0 Å². The number of para-hydroxylation sites is 1. The zero-order chi connectivity index (χ0) is 15.0. The molecule has 0 unspecified atom stereocenters. The summed E-state index contributed by atoms with van der Waals surface area (Å²) in [7, 11) is 0. The Kier molecular flexibility index (Phi) is 3.79. The van der Waals surface area contributed by atoms with Crippen molar-refractivity contribution in [2.75, 3.05) is 5.32 Å². The molecule has 1 saturated carbocycles. The molecule has 7 heteroatoms. The highest BCUT2D eigenvalue weighted by molar-refractivity contribution is 7.22. The number of aliphatic hydroxyl groups excluding tert-OH is 1. The molecule has 1 heterocycles. The topological polar surface area (TPSA) is 45.1 Å². The Bertz CT molecular complexity index is 633. The van der Waals surface area contributed by atoms with Crippen LogP contribution in [0.5, 0.6) is 0 Å². The van der Waals surface area contributed by atoms with Gasteiger partial charge >= 0.3 is 6.18 Å². The van der Waals surface area contributed by atoms with Gasteiger partial charge in [0.15, 0.2) is 5.13 Å². The van der Waals surface area contributed by atoms with Gasteiger partial charge in [-0.3, -0.25) is 0 Å². The Labute approximate surface area is 123 Å². The van der Waals surface area contributed by atoms with E-state index in [1.165, 1.54) is 17.4 Å². The highest BCUT2D eigenvalue weighted by Gasteiger charge is 2.33. The van der Waals surface area contributed by atoms with Crippen molar-refractivity contribution in [3.63, 3.8) is 0 Å². The molecule has 1 aliphatic carbocycles. The van der Waals surface area contributed by atoms with Gasteiger partial charge in [0, 0.05) is 6.04 Å². The maximum absolute atomic E-state index is 12.9. The summed E-state index contributed by atoms with van der Waals surface area (Å²) in [5.74, 6) is 0. The largest absolute Gasteiger partial charge is 0.418 e. The van der Waals surface area contributed by atoms with Gasteiger partial charge in [-0.1, -0.05) is 17.4 Å². The van der Waals surface area contributed by atoms with E-state index in [1.54, 1.807) is 6.07 Å². The summed E-state index contributed by atoms with van der Waals surface area (Å²) in [6, 6.07) is 4.29. The second kappa shape index (κ2) is 5.46. The summed E-state index contributed by atoms with van der Waals surface area (Å²) in [4.78, 5) is 4.12. The average molecular weight is 316 g/mol. The number of thiazole rings is 1. The molecule has 1 aromatic heterocycles. The van der Waals surface area contributed by atoms with Gasteiger partial charge in [0.25, 0.3) is 0 Å². The fourth-order valence-corrected chi connectivity index (χ4v) is 3.60. The average Bonchev–Trinajstić information content (AvgIpc) is 2.82. The third kappa shape index (κ3) is 3.13. The molecule has 0 amide bonds. The second-order valence-electron chi connectivity index (χ2n) is 5.32. The number of aliphatic hydroxyl groups is 1. The molecule has 2 N–H and O–H groups in total. The van der Waals surface area contributed by atoms with Gasteiger partial charge in [-0.25, -0.2) is 4.98 Å². The van der Waals surface area contributed by atoms with Crippen LogP contribution in [0.3, 0.4) is 0 Å². The lowest BCUT2D eigenvalue weighted by atomic mass is 9.93. The molecule has 0 saturated heterocycles. The van der Waals surface area contributed by atoms with Gasteiger partial charge < -0.3 is 10.4 Å². The molecule has 2 aromatic rings. The monoisotopic (exact) mass is 316 g/mol. The van der Waals surface area contributed by atoms with Gasteiger partial charge in [-0.2, -0.15) is 13.2 Å². The first kappa shape index (κ1) is 14.6. The SMILES string of the molecule is OC1CCC(Nc2nc3c(C(F)(F)F)cccc3s2)CC1.